The highest BCUT2D eigenvalue weighted by Gasteiger charge is 2.32. The molecule has 0 spiro atoms. The summed E-state index contributed by atoms with van der Waals surface area (Å²) in [6, 6.07) is 10.5. The molecule has 0 fully saturated rings. The highest BCUT2D eigenvalue weighted by atomic mass is 16.5. The van der Waals surface area contributed by atoms with E-state index < -0.39 is 0 Å². The molecule has 2 heterocycles. The molecule has 1 N–H and O–H groups in total. The van der Waals surface area contributed by atoms with E-state index in [2.05, 4.69) is 37.4 Å². The van der Waals surface area contributed by atoms with Gasteiger partial charge >= 0.3 is 0 Å². The van der Waals surface area contributed by atoms with Gasteiger partial charge < -0.3 is 14.5 Å². The van der Waals surface area contributed by atoms with Gasteiger partial charge in [-0.15, -0.1) is 0 Å². The van der Waals surface area contributed by atoms with Crippen LogP contribution in [-0.4, -0.2) is 13.7 Å². The van der Waals surface area contributed by atoms with Crippen LogP contribution >= 0.6 is 0 Å². The lowest BCUT2D eigenvalue weighted by Gasteiger charge is -2.19. The molecule has 1 aliphatic rings. The van der Waals surface area contributed by atoms with Crippen LogP contribution in [0.2, 0.25) is 0 Å². The fraction of sp³-hybridized carbons (Fsp3) is 0.412. The van der Waals surface area contributed by atoms with Crippen molar-refractivity contribution in [3.8, 4) is 5.75 Å². The van der Waals surface area contributed by atoms with E-state index in [1.165, 1.54) is 11.1 Å². The van der Waals surface area contributed by atoms with Crippen molar-refractivity contribution in [1.29, 1.82) is 0 Å². The second-order valence-electron chi connectivity index (χ2n) is 6.10. The molecule has 3 nitrogen and oxygen atoms in total. The molecule has 20 heavy (non-hydrogen) atoms. The maximum absolute atomic E-state index is 5.77. The van der Waals surface area contributed by atoms with Crippen LogP contribution in [-0.2, 0) is 5.41 Å². The number of hydrogen-bond acceptors (Lipinski definition) is 3. The van der Waals surface area contributed by atoms with Crippen LogP contribution in [0.1, 0.15) is 42.5 Å². The first-order valence-electron chi connectivity index (χ1n) is 7.02. The molecule has 1 unspecified atom stereocenters. The Labute approximate surface area is 119 Å². The van der Waals surface area contributed by atoms with Crippen molar-refractivity contribution in [3.63, 3.8) is 0 Å². The molecule has 3 rings (SSSR count). The van der Waals surface area contributed by atoms with Crippen LogP contribution in [0.5, 0.6) is 5.75 Å². The number of fused-ring (bicyclic) bond motifs is 1. The van der Waals surface area contributed by atoms with E-state index in [1.807, 2.05) is 26.1 Å². The first kappa shape index (κ1) is 13.3. The number of benzene rings is 1. The van der Waals surface area contributed by atoms with Gasteiger partial charge in [0.1, 0.15) is 17.3 Å². The Morgan fingerprint density at radius 1 is 1.20 bits per heavy atom. The molecule has 2 aromatic rings. The lowest BCUT2D eigenvalue weighted by atomic mass is 9.85. The quantitative estimate of drug-likeness (QED) is 0.926. The molecule has 1 aromatic carbocycles. The van der Waals surface area contributed by atoms with Gasteiger partial charge in [-0.1, -0.05) is 19.9 Å². The Balaban J connectivity index is 2.02. The zero-order valence-corrected chi connectivity index (χ0v) is 12.5. The maximum Gasteiger partial charge on any atom is 0.125 e. The van der Waals surface area contributed by atoms with E-state index in [4.69, 9.17) is 9.15 Å². The Bertz CT molecular complexity index is 628. The molecule has 1 atom stereocenters. The van der Waals surface area contributed by atoms with Gasteiger partial charge in [-0.25, -0.2) is 0 Å². The molecule has 1 aromatic heterocycles. The van der Waals surface area contributed by atoms with Crippen LogP contribution in [0.4, 0.5) is 0 Å². The third-order valence-corrected chi connectivity index (χ3v) is 3.99. The smallest absolute Gasteiger partial charge is 0.125 e. The molecule has 0 radical (unpaired) electrons. The zero-order chi connectivity index (χ0) is 14.3. The summed E-state index contributed by atoms with van der Waals surface area (Å²) in [5.74, 6) is 2.89. The second kappa shape index (κ2) is 4.67. The van der Waals surface area contributed by atoms with Crippen molar-refractivity contribution in [3.05, 3.63) is 53.0 Å². The first-order valence-corrected chi connectivity index (χ1v) is 7.02. The number of hydrogen-bond donors (Lipinski definition) is 1. The SMILES string of the molecule is CNC(c1ccc2c(c1)C(C)(C)CO2)c1ccc(C)o1. The van der Waals surface area contributed by atoms with Crippen molar-refractivity contribution in [2.24, 2.45) is 0 Å². The number of furan rings is 1. The van der Waals surface area contributed by atoms with Crippen LogP contribution in [0, 0.1) is 6.92 Å². The maximum atomic E-state index is 5.77. The summed E-state index contributed by atoms with van der Waals surface area (Å²) in [5.41, 5.74) is 2.56. The molecule has 0 aliphatic carbocycles. The summed E-state index contributed by atoms with van der Waals surface area (Å²) in [4.78, 5) is 0. The minimum Gasteiger partial charge on any atom is -0.492 e. The lowest BCUT2D eigenvalue weighted by Crippen LogP contribution is -2.20. The molecule has 3 heteroatoms. The monoisotopic (exact) mass is 271 g/mol. The largest absolute Gasteiger partial charge is 0.492 e. The summed E-state index contributed by atoms with van der Waals surface area (Å²) >= 11 is 0. The van der Waals surface area contributed by atoms with Gasteiger partial charge in [0, 0.05) is 11.0 Å². The second-order valence-corrected chi connectivity index (χ2v) is 6.10. The number of ether oxygens (including phenoxy) is 1. The third kappa shape index (κ3) is 2.12. The molecule has 0 saturated heterocycles. The van der Waals surface area contributed by atoms with Gasteiger partial charge in [0.05, 0.1) is 12.6 Å². The van der Waals surface area contributed by atoms with E-state index >= 15 is 0 Å². The first-order chi connectivity index (χ1) is 9.51. The third-order valence-electron chi connectivity index (χ3n) is 3.99. The minimum atomic E-state index is 0.0721. The van der Waals surface area contributed by atoms with Crippen molar-refractivity contribution >= 4 is 0 Å². The van der Waals surface area contributed by atoms with Crippen molar-refractivity contribution in [2.45, 2.75) is 32.2 Å². The highest BCUT2D eigenvalue weighted by Crippen LogP contribution is 2.40. The molecular weight excluding hydrogens is 250 g/mol. The van der Waals surface area contributed by atoms with E-state index in [0.717, 1.165) is 23.9 Å². The van der Waals surface area contributed by atoms with Crippen molar-refractivity contribution in [1.82, 2.24) is 5.32 Å². The molecule has 0 bridgehead atoms. The summed E-state index contributed by atoms with van der Waals surface area (Å²) in [5, 5.41) is 3.33. The summed E-state index contributed by atoms with van der Waals surface area (Å²) in [6.45, 7) is 7.15. The fourth-order valence-corrected chi connectivity index (χ4v) is 2.80. The highest BCUT2D eigenvalue weighted by molar-refractivity contribution is 5.46. The van der Waals surface area contributed by atoms with Gasteiger partial charge in [0.15, 0.2) is 0 Å². The van der Waals surface area contributed by atoms with Gasteiger partial charge in [-0.3, -0.25) is 0 Å². The van der Waals surface area contributed by atoms with Crippen LogP contribution in [0.25, 0.3) is 0 Å². The van der Waals surface area contributed by atoms with Crippen molar-refractivity contribution < 1.29 is 9.15 Å². The minimum absolute atomic E-state index is 0.0721. The van der Waals surface area contributed by atoms with Gasteiger partial charge in [-0.2, -0.15) is 0 Å². The van der Waals surface area contributed by atoms with E-state index in [1.54, 1.807) is 0 Å². The topological polar surface area (TPSA) is 34.4 Å². The Hall–Kier alpha value is -1.74. The molecule has 1 aliphatic heterocycles. The Kier molecular flexibility index (Phi) is 3.09. The average Bonchev–Trinajstić information content (AvgIpc) is 2.96. The van der Waals surface area contributed by atoms with Crippen LogP contribution < -0.4 is 10.1 Å². The molecule has 106 valence electrons. The standard InChI is InChI=1S/C17H21NO2/c1-11-5-7-15(20-11)16(18-4)12-6-8-14-13(9-12)17(2,3)10-19-14/h5-9,16,18H,10H2,1-4H3. The summed E-state index contributed by atoms with van der Waals surface area (Å²) in [6.07, 6.45) is 0. The van der Waals surface area contributed by atoms with Gasteiger partial charge in [-0.05, 0) is 43.8 Å². The normalized spacial score (nSPS) is 17.6. The number of rotatable bonds is 3. The Morgan fingerprint density at radius 3 is 2.65 bits per heavy atom. The number of nitrogens with one attached hydrogen (secondary N) is 1. The lowest BCUT2D eigenvalue weighted by molar-refractivity contribution is 0.291. The van der Waals surface area contributed by atoms with Crippen LogP contribution in [0.3, 0.4) is 0 Å². The summed E-state index contributed by atoms with van der Waals surface area (Å²) in [7, 11) is 1.96. The van der Waals surface area contributed by atoms with Crippen LogP contribution in [0.15, 0.2) is 34.7 Å². The van der Waals surface area contributed by atoms with E-state index in [0.29, 0.717) is 0 Å². The molecule has 0 amide bonds. The Morgan fingerprint density at radius 2 is 2.00 bits per heavy atom. The average molecular weight is 271 g/mol. The fourth-order valence-electron chi connectivity index (χ4n) is 2.80. The summed E-state index contributed by atoms with van der Waals surface area (Å²) < 4.78 is 11.5. The van der Waals surface area contributed by atoms with Gasteiger partial charge in [0.25, 0.3) is 0 Å². The van der Waals surface area contributed by atoms with E-state index in [-0.39, 0.29) is 11.5 Å². The zero-order valence-electron chi connectivity index (χ0n) is 12.5. The number of aryl methyl sites for hydroxylation is 1. The predicted octanol–water partition coefficient (Wildman–Crippen LogP) is 3.57. The van der Waals surface area contributed by atoms with Gasteiger partial charge in [0.2, 0.25) is 0 Å². The predicted molar refractivity (Wildman–Crippen MR) is 79.3 cm³/mol. The molecule has 0 saturated carbocycles. The van der Waals surface area contributed by atoms with Crippen molar-refractivity contribution in [2.75, 3.05) is 13.7 Å². The van der Waals surface area contributed by atoms with E-state index in [9.17, 15) is 0 Å². The molecular formula is C17H21NO2.